The molecule has 0 heterocycles. The minimum atomic E-state index is 0.0708. The fraction of sp³-hybridized carbons (Fsp3) is 0.409. The van der Waals surface area contributed by atoms with Crippen LogP contribution in [0.4, 0.5) is 0 Å². The smallest absolute Gasteiger partial charge is 0.223 e. The van der Waals surface area contributed by atoms with Gasteiger partial charge in [-0.3, -0.25) is 4.79 Å². The summed E-state index contributed by atoms with van der Waals surface area (Å²) in [4.78, 5) is 14.5. The van der Waals surface area contributed by atoms with E-state index >= 15 is 0 Å². The normalized spacial score (nSPS) is 11.8. The first-order chi connectivity index (χ1) is 12.6. The highest BCUT2D eigenvalue weighted by atomic mass is 16.5. The van der Waals surface area contributed by atoms with Crippen LogP contribution in [0.5, 0.6) is 5.75 Å². The average Bonchev–Trinajstić information content (AvgIpc) is 2.69. The fourth-order valence-corrected chi connectivity index (χ4v) is 3.16. The average molecular weight is 354 g/mol. The maximum Gasteiger partial charge on any atom is 0.223 e. The van der Waals surface area contributed by atoms with Gasteiger partial charge in [0.25, 0.3) is 0 Å². The van der Waals surface area contributed by atoms with E-state index in [2.05, 4.69) is 42.6 Å². The monoisotopic (exact) mass is 354 g/mol. The summed E-state index contributed by atoms with van der Waals surface area (Å²) < 4.78 is 5.30. The largest absolute Gasteiger partial charge is 0.497 e. The van der Waals surface area contributed by atoms with Crippen LogP contribution in [0, 0.1) is 0 Å². The quantitative estimate of drug-likeness (QED) is 0.684. The molecule has 1 atom stereocenters. The maximum atomic E-state index is 12.5. The van der Waals surface area contributed by atoms with Crippen LogP contribution < -0.4 is 10.1 Å². The lowest BCUT2D eigenvalue weighted by molar-refractivity contribution is -0.133. The highest BCUT2D eigenvalue weighted by Crippen LogP contribution is 2.27. The number of methoxy groups -OCH3 is 1. The van der Waals surface area contributed by atoms with Crippen molar-refractivity contribution in [3.8, 4) is 16.9 Å². The van der Waals surface area contributed by atoms with Gasteiger partial charge in [0.15, 0.2) is 0 Å². The number of amides is 1. The second-order valence-electron chi connectivity index (χ2n) is 6.42. The molecule has 2 aromatic rings. The van der Waals surface area contributed by atoms with Crippen molar-refractivity contribution < 1.29 is 9.53 Å². The predicted octanol–water partition coefficient (Wildman–Crippen LogP) is 4.27. The Kier molecular flexibility index (Phi) is 7.67. The summed E-state index contributed by atoms with van der Waals surface area (Å²) in [7, 11) is 3.59. The minimum absolute atomic E-state index is 0.0708. The van der Waals surface area contributed by atoms with Gasteiger partial charge in [-0.25, -0.2) is 0 Å². The number of carbonyl (C=O) groups excluding carboxylic acids is 1. The second kappa shape index (κ2) is 9.97. The zero-order chi connectivity index (χ0) is 18.9. The third-order valence-corrected chi connectivity index (χ3v) is 4.74. The number of nitrogens with one attached hydrogen (secondary N) is 1. The van der Waals surface area contributed by atoms with Gasteiger partial charge in [-0.2, -0.15) is 0 Å². The Morgan fingerprint density at radius 1 is 1.15 bits per heavy atom. The highest BCUT2D eigenvalue weighted by molar-refractivity contribution is 5.76. The first-order valence-corrected chi connectivity index (χ1v) is 9.29. The summed E-state index contributed by atoms with van der Waals surface area (Å²) in [5.41, 5.74) is 3.42. The van der Waals surface area contributed by atoms with Crippen LogP contribution in [0.1, 0.15) is 38.3 Å². The third-order valence-electron chi connectivity index (χ3n) is 4.74. The van der Waals surface area contributed by atoms with Crippen LogP contribution >= 0.6 is 0 Å². The summed E-state index contributed by atoms with van der Waals surface area (Å²) >= 11 is 0. The molecule has 0 bridgehead atoms. The van der Waals surface area contributed by atoms with Crippen molar-refractivity contribution in [2.24, 2.45) is 0 Å². The molecule has 0 fully saturated rings. The Labute approximate surface area is 157 Å². The van der Waals surface area contributed by atoms with Gasteiger partial charge in [0.1, 0.15) is 5.75 Å². The molecule has 0 radical (unpaired) electrons. The third kappa shape index (κ3) is 5.09. The van der Waals surface area contributed by atoms with Gasteiger partial charge < -0.3 is 15.0 Å². The van der Waals surface area contributed by atoms with Crippen LogP contribution in [0.25, 0.3) is 11.1 Å². The SMILES string of the molecule is CCN(C(=O)CCCNC)C(C)c1ccc(-c2cccc(OC)c2)cc1. The van der Waals surface area contributed by atoms with Crippen LogP contribution in [-0.4, -0.2) is 38.1 Å². The standard InChI is InChI=1S/C22H30N2O2/c1-5-24(22(25)10-7-15-23-3)17(2)18-11-13-19(14-12-18)20-8-6-9-21(16-20)26-4/h6,8-9,11-14,16-17,23H,5,7,10,15H2,1-4H3. The first-order valence-electron chi connectivity index (χ1n) is 9.29. The molecule has 4 heteroatoms. The molecule has 4 nitrogen and oxygen atoms in total. The molecule has 0 spiro atoms. The molecule has 0 aromatic heterocycles. The molecule has 140 valence electrons. The number of carbonyl (C=O) groups is 1. The van der Waals surface area contributed by atoms with Crippen LogP contribution in [0.15, 0.2) is 48.5 Å². The molecule has 1 amide bonds. The van der Waals surface area contributed by atoms with Gasteiger partial charge in [0.05, 0.1) is 13.2 Å². The van der Waals surface area contributed by atoms with Crippen LogP contribution in [-0.2, 0) is 4.79 Å². The fourth-order valence-electron chi connectivity index (χ4n) is 3.16. The Hall–Kier alpha value is -2.33. The van der Waals surface area contributed by atoms with Gasteiger partial charge >= 0.3 is 0 Å². The minimum Gasteiger partial charge on any atom is -0.497 e. The maximum absolute atomic E-state index is 12.5. The van der Waals surface area contributed by atoms with E-state index < -0.39 is 0 Å². The lowest BCUT2D eigenvalue weighted by atomic mass is 10.00. The lowest BCUT2D eigenvalue weighted by Gasteiger charge is -2.28. The van der Waals surface area contributed by atoms with Crippen molar-refractivity contribution in [1.29, 1.82) is 0 Å². The molecular formula is C22H30N2O2. The highest BCUT2D eigenvalue weighted by Gasteiger charge is 2.19. The van der Waals surface area contributed by atoms with E-state index in [1.54, 1.807) is 7.11 Å². The molecule has 26 heavy (non-hydrogen) atoms. The number of nitrogens with zero attached hydrogens (tertiary/aromatic N) is 1. The molecule has 2 aromatic carbocycles. The summed E-state index contributed by atoms with van der Waals surface area (Å²) in [6, 6.07) is 16.6. The number of rotatable bonds is 9. The Balaban J connectivity index is 2.11. The van der Waals surface area contributed by atoms with E-state index in [0.717, 1.165) is 42.0 Å². The molecule has 2 rings (SSSR count). The number of hydrogen-bond donors (Lipinski definition) is 1. The van der Waals surface area contributed by atoms with Crippen molar-refractivity contribution in [3.63, 3.8) is 0 Å². The molecule has 0 saturated heterocycles. The zero-order valence-corrected chi connectivity index (χ0v) is 16.3. The van der Waals surface area contributed by atoms with E-state index in [1.807, 2.05) is 37.1 Å². The van der Waals surface area contributed by atoms with Crippen molar-refractivity contribution in [3.05, 3.63) is 54.1 Å². The topological polar surface area (TPSA) is 41.6 Å². The van der Waals surface area contributed by atoms with E-state index in [1.165, 1.54) is 0 Å². The summed E-state index contributed by atoms with van der Waals surface area (Å²) in [6.45, 7) is 5.72. The van der Waals surface area contributed by atoms with E-state index in [0.29, 0.717) is 6.42 Å². The number of hydrogen-bond acceptors (Lipinski definition) is 3. The van der Waals surface area contributed by atoms with Crippen molar-refractivity contribution in [1.82, 2.24) is 10.2 Å². The molecule has 1 unspecified atom stereocenters. The summed E-state index contributed by atoms with van der Waals surface area (Å²) in [5, 5.41) is 3.09. The first kappa shape index (κ1) is 20.0. The number of benzene rings is 2. The van der Waals surface area contributed by atoms with Crippen molar-refractivity contribution >= 4 is 5.91 Å². The van der Waals surface area contributed by atoms with Crippen LogP contribution in [0.2, 0.25) is 0 Å². The zero-order valence-electron chi connectivity index (χ0n) is 16.3. The van der Waals surface area contributed by atoms with Crippen LogP contribution in [0.3, 0.4) is 0 Å². The van der Waals surface area contributed by atoms with Gasteiger partial charge in [0, 0.05) is 13.0 Å². The predicted molar refractivity (Wildman–Crippen MR) is 107 cm³/mol. The summed E-state index contributed by atoms with van der Waals surface area (Å²) in [6.07, 6.45) is 1.45. The van der Waals surface area contributed by atoms with Crippen molar-refractivity contribution in [2.75, 3.05) is 27.2 Å². The molecular weight excluding hydrogens is 324 g/mol. The molecule has 0 aliphatic rings. The summed E-state index contributed by atoms with van der Waals surface area (Å²) in [5.74, 6) is 1.07. The molecule has 1 N–H and O–H groups in total. The van der Waals surface area contributed by atoms with E-state index in [-0.39, 0.29) is 11.9 Å². The van der Waals surface area contributed by atoms with Gasteiger partial charge in [0.2, 0.25) is 5.91 Å². The molecule has 0 aliphatic heterocycles. The van der Waals surface area contributed by atoms with E-state index in [4.69, 9.17) is 4.74 Å². The van der Waals surface area contributed by atoms with Gasteiger partial charge in [-0.1, -0.05) is 36.4 Å². The van der Waals surface area contributed by atoms with Crippen molar-refractivity contribution in [2.45, 2.75) is 32.7 Å². The number of ether oxygens (including phenoxy) is 1. The Bertz CT molecular complexity index is 698. The molecule has 0 saturated carbocycles. The lowest BCUT2D eigenvalue weighted by Crippen LogP contribution is -2.33. The second-order valence-corrected chi connectivity index (χ2v) is 6.42. The Morgan fingerprint density at radius 2 is 1.88 bits per heavy atom. The Morgan fingerprint density at radius 3 is 2.50 bits per heavy atom. The molecule has 0 aliphatic carbocycles. The van der Waals surface area contributed by atoms with E-state index in [9.17, 15) is 4.79 Å². The van der Waals surface area contributed by atoms with Gasteiger partial charge in [-0.05, 0) is 62.7 Å². The van der Waals surface area contributed by atoms with Gasteiger partial charge in [-0.15, -0.1) is 0 Å².